The van der Waals surface area contributed by atoms with Crippen LogP contribution in [-0.4, -0.2) is 52.9 Å². The third-order valence-electron chi connectivity index (χ3n) is 5.06. The van der Waals surface area contributed by atoms with E-state index in [0.29, 0.717) is 12.0 Å². The maximum absolute atomic E-state index is 5.40. The molecular formula is C21H31IN4O2S. The average Bonchev–Trinajstić information content (AvgIpc) is 3.42. The van der Waals surface area contributed by atoms with Crippen molar-refractivity contribution in [3.63, 3.8) is 0 Å². The van der Waals surface area contributed by atoms with Crippen LogP contribution in [0.4, 0.5) is 5.69 Å². The van der Waals surface area contributed by atoms with Gasteiger partial charge in [-0.3, -0.25) is 4.99 Å². The molecular weight excluding hydrogens is 499 g/mol. The second-order valence-corrected chi connectivity index (χ2v) is 8.00. The Kier molecular flexibility index (Phi) is 9.35. The first kappa shape index (κ1) is 23.6. The van der Waals surface area contributed by atoms with E-state index < -0.39 is 0 Å². The summed E-state index contributed by atoms with van der Waals surface area (Å²) in [6, 6.07) is 10.6. The van der Waals surface area contributed by atoms with Gasteiger partial charge in [-0.15, -0.1) is 35.3 Å². The summed E-state index contributed by atoms with van der Waals surface area (Å²) in [5.41, 5.74) is 1.12. The van der Waals surface area contributed by atoms with E-state index in [4.69, 9.17) is 9.47 Å². The molecule has 1 aromatic heterocycles. The largest absolute Gasteiger partial charge is 0.497 e. The standard InChI is InChI=1S/C21H30N4O2S.HI/c1-15(20-6-5-9-28-20)13-23-21(22-2)24-16-7-8-25(14-16)17-10-18(26-3)12-19(11-17)27-4;/h5-6,9-12,15-16H,7-8,13-14H2,1-4H3,(H2,22,23,24);1H. The van der Waals surface area contributed by atoms with Crippen molar-refractivity contribution < 1.29 is 9.47 Å². The van der Waals surface area contributed by atoms with E-state index in [1.54, 1.807) is 25.6 Å². The summed E-state index contributed by atoms with van der Waals surface area (Å²) < 4.78 is 10.8. The average molecular weight is 530 g/mol. The Balaban J connectivity index is 0.00000300. The number of hydrogen-bond donors (Lipinski definition) is 2. The number of halogens is 1. The highest BCUT2D eigenvalue weighted by Gasteiger charge is 2.24. The van der Waals surface area contributed by atoms with Crippen LogP contribution in [0.3, 0.4) is 0 Å². The molecule has 2 atom stereocenters. The predicted octanol–water partition coefficient (Wildman–Crippen LogP) is 3.93. The van der Waals surface area contributed by atoms with E-state index in [0.717, 1.165) is 49.2 Å². The molecule has 0 bridgehead atoms. The summed E-state index contributed by atoms with van der Waals surface area (Å²) in [6.07, 6.45) is 1.06. The fourth-order valence-electron chi connectivity index (χ4n) is 3.40. The van der Waals surface area contributed by atoms with Crippen molar-refractivity contribution >= 4 is 47.0 Å². The van der Waals surface area contributed by atoms with E-state index in [1.165, 1.54) is 4.88 Å². The van der Waals surface area contributed by atoms with Gasteiger partial charge in [0.1, 0.15) is 11.5 Å². The highest BCUT2D eigenvalue weighted by molar-refractivity contribution is 14.0. The zero-order valence-electron chi connectivity index (χ0n) is 17.5. The molecule has 2 N–H and O–H groups in total. The smallest absolute Gasteiger partial charge is 0.191 e. The Morgan fingerprint density at radius 2 is 2.00 bits per heavy atom. The number of rotatable bonds is 7. The van der Waals surface area contributed by atoms with Gasteiger partial charge < -0.3 is 25.0 Å². The van der Waals surface area contributed by atoms with Gasteiger partial charge in [-0.2, -0.15) is 0 Å². The van der Waals surface area contributed by atoms with E-state index in [9.17, 15) is 0 Å². The molecule has 1 saturated heterocycles. The van der Waals surface area contributed by atoms with Crippen molar-refractivity contribution in [1.29, 1.82) is 0 Å². The lowest BCUT2D eigenvalue weighted by Gasteiger charge is -2.22. The van der Waals surface area contributed by atoms with E-state index in [2.05, 4.69) is 57.1 Å². The number of ether oxygens (including phenoxy) is 2. The van der Waals surface area contributed by atoms with Gasteiger partial charge in [-0.05, 0) is 17.9 Å². The van der Waals surface area contributed by atoms with Gasteiger partial charge in [0.05, 0.1) is 14.2 Å². The first-order valence-corrected chi connectivity index (χ1v) is 10.5. The summed E-state index contributed by atoms with van der Waals surface area (Å²) in [6.45, 7) is 5.00. The molecule has 0 aliphatic carbocycles. The van der Waals surface area contributed by atoms with E-state index in [1.807, 2.05) is 13.1 Å². The van der Waals surface area contributed by atoms with Crippen molar-refractivity contribution in [1.82, 2.24) is 10.6 Å². The van der Waals surface area contributed by atoms with Crippen LogP contribution in [0.25, 0.3) is 0 Å². The third-order valence-corrected chi connectivity index (χ3v) is 6.16. The second-order valence-electron chi connectivity index (χ2n) is 7.02. The summed E-state index contributed by atoms with van der Waals surface area (Å²) >= 11 is 1.80. The fraction of sp³-hybridized carbons (Fsp3) is 0.476. The zero-order valence-corrected chi connectivity index (χ0v) is 20.6. The fourth-order valence-corrected chi connectivity index (χ4v) is 4.18. The number of anilines is 1. The molecule has 0 saturated carbocycles. The quantitative estimate of drug-likeness (QED) is 0.323. The van der Waals surface area contributed by atoms with Crippen molar-refractivity contribution in [2.24, 2.45) is 4.99 Å². The minimum atomic E-state index is 0. The second kappa shape index (κ2) is 11.5. The summed E-state index contributed by atoms with van der Waals surface area (Å²) in [7, 11) is 5.18. The summed E-state index contributed by atoms with van der Waals surface area (Å²) in [4.78, 5) is 8.14. The summed E-state index contributed by atoms with van der Waals surface area (Å²) in [5, 5.41) is 9.15. The van der Waals surface area contributed by atoms with Crippen LogP contribution in [0.2, 0.25) is 0 Å². The molecule has 1 aliphatic heterocycles. The van der Waals surface area contributed by atoms with Gasteiger partial charge in [0, 0.05) is 67.4 Å². The number of guanidine groups is 1. The lowest BCUT2D eigenvalue weighted by molar-refractivity contribution is 0.394. The molecule has 2 aromatic rings. The van der Waals surface area contributed by atoms with Crippen LogP contribution < -0.4 is 25.0 Å². The Hall–Kier alpha value is -1.68. The molecule has 6 nitrogen and oxygen atoms in total. The maximum Gasteiger partial charge on any atom is 0.191 e. The van der Waals surface area contributed by atoms with E-state index >= 15 is 0 Å². The van der Waals surface area contributed by atoms with Gasteiger partial charge in [0.15, 0.2) is 5.96 Å². The number of aliphatic imine (C=N–C) groups is 1. The molecule has 8 heteroatoms. The van der Waals surface area contributed by atoms with Gasteiger partial charge in [0.2, 0.25) is 0 Å². The SMILES string of the molecule is CN=C(NCC(C)c1cccs1)NC1CCN(c2cc(OC)cc(OC)c2)C1.I. The lowest BCUT2D eigenvalue weighted by Crippen LogP contribution is -2.45. The molecule has 1 aromatic carbocycles. The molecule has 0 radical (unpaired) electrons. The molecule has 2 heterocycles. The maximum atomic E-state index is 5.40. The molecule has 0 amide bonds. The highest BCUT2D eigenvalue weighted by atomic mass is 127. The van der Waals surface area contributed by atoms with Crippen LogP contribution >= 0.6 is 35.3 Å². The van der Waals surface area contributed by atoms with Gasteiger partial charge in [0.25, 0.3) is 0 Å². The number of methoxy groups -OCH3 is 2. The van der Waals surface area contributed by atoms with E-state index in [-0.39, 0.29) is 24.0 Å². The minimum absolute atomic E-state index is 0. The molecule has 1 fully saturated rings. The van der Waals surface area contributed by atoms with Crippen LogP contribution in [-0.2, 0) is 0 Å². The Bertz CT molecular complexity index is 763. The molecule has 0 spiro atoms. The molecule has 2 unspecified atom stereocenters. The Morgan fingerprint density at radius 1 is 1.28 bits per heavy atom. The number of hydrogen-bond acceptors (Lipinski definition) is 5. The molecule has 1 aliphatic rings. The highest BCUT2D eigenvalue weighted by Crippen LogP contribution is 2.30. The predicted molar refractivity (Wildman–Crippen MR) is 133 cm³/mol. The van der Waals surface area contributed by atoms with Crippen molar-refractivity contribution in [3.05, 3.63) is 40.6 Å². The number of nitrogens with one attached hydrogen (secondary N) is 2. The zero-order chi connectivity index (χ0) is 19.9. The van der Waals surface area contributed by atoms with Crippen molar-refractivity contribution in [2.75, 3.05) is 45.8 Å². The summed E-state index contributed by atoms with van der Waals surface area (Å²) in [5.74, 6) is 2.94. The normalized spacial score (nSPS) is 17.4. The van der Waals surface area contributed by atoms with Crippen LogP contribution in [0, 0.1) is 0 Å². The number of nitrogens with zero attached hydrogens (tertiary/aromatic N) is 2. The first-order valence-electron chi connectivity index (χ1n) is 9.61. The number of benzene rings is 1. The minimum Gasteiger partial charge on any atom is -0.497 e. The lowest BCUT2D eigenvalue weighted by atomic mass is 10.1. The van der Waals surface area contributed by atoms with Crippen LogP contribution in [0.15, 0.2) is 40.7 Å². The molecule has 29 heavy (non-hydrogen) atoms. The first-order chi connectivity index (χ1) is 13.6. The molecule has 160 valence electrons. The van der Waals surface area contributed by atoms with Gasteiger partial charge in [-0.1, -0.05) is 13.0 Å². The number of thiophene rings is 1. The molecule has 3 rings (SSSR count). The van der Waals surface area contributed by atoms with Crippen LogP contribution in [0.1, 0.15) is 24.1 Å². The Morgan fingerprint density at radius 3 is 2.59 bits per heavy atom. The Labute approximate surface area is 194 Å². The van der Waals surface area contributed by atoms with Gasteiger partial charge >= 0.3 is 0 Å². The van der Waals surface area contributed by atoms with Crippen molar-refractivity contribution in [2.45, 2.75) is 25.3 Å². The van der Waals surface area contributed by atoms with Gasteiger partial charge in [-0.25, -0.2) is 0 Å². The van der Waals surface area contributed by atoms with Crippen molar-refractivity contribution in [3.8, 4) is 11.5 Å². The third kappa shape index (κ3) is 6.40. The monoisotopic (exact) mass is 530 g/mol. The van der Waals surface area contributed by atoms with Crippen LogP contribution in [0.5, 0.6) is 11.5 Å². The topological polar surface area (TPSA) is 58.1 Å².